The number of thiazole rings is 2. The van der Waals surface area contributed by atoms with Crippen molar-refractivity contribution in [2.75, 3.05) is 50.2 Å². The molecule has 4 rings (SSSR count). The summed E-state index contributed by atoms with van der Waals surface area (Å²) in [7, 11) is 4.14. The van der Waals surface area contributed by atoms with Crippen molar-refractivity contribution in [2.24, 2.45) is 20.5 Å². The third-order valence-corrected chi connectivity index (χ3v) is 7.80. The molecule has 2 aromatic carbocycles. The first-order valence-corrected chi connectivity index (χ1v) is 14.8. The number of hydrogen-bond donors (Lipinski definition) is 0. The van der Waals surface area contributed by atoms with Crippen LogP contribution in [0.4, 0.5) is 33.0 Å². The number of aromatic nitrogens is 2. The van der Waals surface area contributed by atoms with Gasteiger partial charge in [0.1, 0.15) is 23.8 Å². The standard InChI is InChI=1S/C28H36N8OS2.2ClH/c1-5-35-17-21-38-27(35)31-29-23-7-11-25(12-8-23)33(3)15-19-37-20-16-34(4)26-13-9-24(10-14-26)30-32-28-36(6-2)18-22-39-28;;/h7-14,17-18,21-22H,5-6,15-16,19-20H2,1-4H3;2*1H/q+2;;/p-2. The van der Waals surface area contributed by atoms with Gasteiger partial charge >= 0.3 is 10.3 Å². The van der Waals surface area contributed by atoms with Crippen molar-refractivity contribution in [3.63, 3.8) is 0 Å². The molecule has 0 bridgehead atoms. The van der Waals surface area contributed by atoms with Crippen LogP contribution >= 0.6 is 22.7 Å². The highest BCUT2D eigenvalue weighted by Crippen LogP contribution is 2.23. The van der Waals surface area contributed by atoms with E-state index < -0.39 is 0 Å². The summed E-state index contributed by atoms with van der Waals surface area (Å²) < 4.78 is 10.1. The first-order valence-electron chi connectivity index (χ1n) is 13.0. The fourth-order valence-electron chi connectivity index (χ4n) is 3.75. The second kappa shape index (κ2) is 17.8. The predicted molar refractivity (Wildman–Crippen MR) is 159 cm³/mol. The molecule has 9 nitrogen and oxygen atoms in total. The highest BCUT2D eigenvalue weighted by Gasteiger charge is 2.11. The molecular formula is C28H36Cl2N8OS2. The largest absolute Gasteiger partial charge is 1.00 e. The molecule has 220 valence electrons. The minimum Gasteiger partial charge on any atom is -1.00 e. The summed E-state index contributed by atoms with van der Waals surface area (Å²) in [6.45, 7) is 8.88. The molecule has 2 aromatic heterocycles. The van der Waals surface area contributed by atoms with Crippen LogP contribution in [0.1, 0.15) is 13.8 Å². The van der Waals surface area contributed by atoms with E-state index in [2.05, 4.69) is 91.6 Å². The first-order chi connectivity index (χ1) is 19.1. The molecule has 0 unspecified atom stereocenters. The molecule has 13 heteroatoms. The molecule has 0 atom stereocenters. The maximum absolute atomic E-state index is 5.92. The van der Waals surface area contributed by atoms with Gasteiger partial charge in [-0.2, -0.15) is 0 Å². The molecule has 0 saturated heterocycles. The van der Waals surface area contributed by atoms with E-state index in [1.54, 1.807) is 22.7 Å². The van der Waals surface area contributed by atoms with Gasteiger partial charge in [-0.25, -0.2) is 9.13 Å². The lowest BCUT2D eigenvalue weighted by molar-refractivity contribution is -0.677. The smallest absolute Gasteiger partial charge is 0.408 e. The van der Waals surface area contributed by atoms with Crippen molar-refractivity contribution in [1.29, 1.82) is 0 Å². The first kappa shape index (κ1) is 34.2. The number of aryl methyl sites for hydroxylation is 2. The molecule has 0 fully saturated rings. The van der Waals surface area contributed by atoms with Gasteiger partial charge in [0.05, 0.1) is 36.5 Å². The maximum atomic E-state index is 5.92. The summed E-state index contributed by atoms with van der Waals surface area (Å²) in [4.78, 5) is 4.36. The summed E-state index contributed by atoms with van der Waals surface area (Å²) in [5.74, 6) is 0. The fourth-order valence-corrected chi connectivity index (χ4v) is 5.23. The Morgan fingerprint density at radius 1 is 0.634 bits per heavy atom. The van der Waals surface area contributed by atoms with E-state index in [4.69, 9.17) is 4.74 Å². The Morgan fingerprint density at radius 2 is 1.02 bits per heavy atom. The molecule has 0 spiro atoms. The summed E-state index contributed by atoms with van der Waals surface area (Å²) >= 11 is 3.17. The van der Waals surface area contributed by atoms with Gasteiger partial charge in [-0.1, -0.05) is 0 Å². The quantitative estimate of drug-likeness (QED) is 0.117. The molecule has 4 aromatic rings. The lowest BCUT2D eigenvalue weighted by Crippen LogP contribution is -3.00. The van der Waals surface area contributed by atoms with Gasteiger partial charge in [0.25, 0.3) is 0 Å². The number of halogens is 2. The van der Waals surface area contributed by atoms with Crippen LogP contribution < -0.4 is 43.7 Å². The Morgan fingerprint density at radius 3 is 1.39 bits per heavy atom. The molecule has 0 aliphatic heterocycles. The normalized spacial score (nSPS) is 11.0. The van der Waals surface area contributed by atoms with Gasteiger partial charge < -0.3 is 39.4 Å². The number of benzene rings is 2. The van der Waals surface area contributed by atoms with Gasteiger partial charge in [-0.3, -0.25) is 0 Å². The van der Waals surface area contributed by atoms with Crippen LogP contribution in [-0.2, 0) is 17.8 Å². The summed E-state index contributed by atoms with van der Waals surface area (Å²) in [5.41, 5.74) is 3.92. The van der Waals surface area contributed by atoms with Gasteiger partial charge in [0.15, 0.2) is 0 Å². The minimum absolute atomic E-state index is 0. The molecule has 0 N–H and O–H groups in total. The Balaban J connectivity index is 0.00000294. The zero-order valence-electron chi connectivity index (χ0n) is 23.7. The third kappa shape index (κ3) is 10.1. The fraction of sp³-hybridized carbons (Fsp3) is 0.357. The van der Waals surface area contributed by atoms with Crippen LogP contribution in [0.15, 0.2) is 92.1 Å². The molecule has 41 heavy (non-hydrogen) atoms. The number of rotatable bonds is 14. The van der Waals surface area contributed by atoms with Crippen molar-refractivity contribution in [3.05, 3.63) is 71.7 Å². The van der Waals surface area contributed by atoms with Crippen LogP contribution in [0, 0.1) is 0 Å². The van der Waals surface area contributed by atoms with E-state index in [1.807, 2.05) is 47.4 Å². The Bertz CT molecular complexity index is 1260. The zero-order chi connectivity index (χ0) is 27.5. The van der Waals surface area contributed by atoms with Gasteiger partial charge in [-0.15, -0.1) is 0 Å². The molecule has 0 aliphatic carbocycles. The van der Waals surface area contributed by atoms with Crippen LogP contribution in [-0.4, -0.2) is 40.4 Å². The second-order valence-electron chi connectivity index (χ2n) is 8.83. The van der Waals surface area contributed by atoms with Crippen LogP contribution in [0.5, 0.6) is 0 Å². The molecule has 0 aliphatic rings. The SMILES string of the molecule is CC[n+]1ccsc1N=Nc1ccc(N(C)CCOCCN(C)c2ccc(N=Nc3scc[n+]3CC)cc2)cc1.[Cl-].[Cl-]. The van der Waals surface area contributed by atoms with E-state index in [0.29, 0.717) is 13.2 Å². The Kier molecular flexibility index (Phi) is 14.8. The summed E-state index contributed by atoms with van der Waals surface area (Å²) in [5, 5.41) is 23.3. The number of hydrogen-bond acceptors (Lipinski definition) is 9. The highest BCUT2D eigenvalue weighted by atomic mass is 35.5. The molecule has 0 amide bonds. The summed E-state index contributed by atoms with van der Waals surface area (Å²) in [6.07, 6.45) is 4.05. The van der Waals surface area contributed by atoms with E-state index in [-0.39, 0.29) is 24.8 Å². The molecule has 0 radical (unpaired) electrons. The van der Waals surface area contributed by atoms with Crippen molar-refractivity contribution < 1.29 is 38.7 Å². The Hall–Kier alpha value is -2.96. The molecular weight excluding hydrogens is 599 g/mol. The second-order valence-corrected chi connectivity index (χ2v) is 10.6. The van der Waals surface area contributed by atoms with E-state index in [1.165, 1.54) is 0 Å². The van der Waals surface area contributed by atoms with E-state index in [9.17, 15) is 0 Å². The Labute approximate surface area is 262 Å². The number of ether oxygens (including phenoxy) is 1. The topological polar surface area (TPSA) is 72.9 Å². The average Bonchev–Trinajstić information content (AvgIpc) is 3.64. The zero-order valence-corrected chi connectivity index (χ0v) is 26.9. The van der Waals surface area contributed by atoms with Crippen molar-refractivity contribution in [2.45, 2.75) is 26.9 Å². The summed E-state index contributed by atoms with van der Waals surface area (Å²) in [6, 6.07) is 16.2. The van der Waals surface area contributed by atoms with Crippen LogP contribution in [0.2, 0.25) is 0 Å². The van der Waals surface area contributed by atoms with E-state index in [0.717, 1.165) is 59.2 Å². The maximum Gasteiger partial charge on any atom is 0.408 e. The number of likely N-dealkylation sites (N-methyl/N-ethyl adjacent to an activating group) is 2. The van der Waals surface area contributed by atoms with Gasteiger partial charge in [-0.05, 0) is 95.3 Å². The number of anilines is 2. The van der Waals surface area contributed by atoms with Crippen molar-refractivity contribution >= 4 is 55.7 Å². The van der Waals surface area contributed by atoms with Crippen molar-refractivity contribution in [1.82, 2.24) is 0 Å². The van der Waals surface area contributed by atoms with E-state index >= 15 is 0 Å². The van der Waals surface area contributed by atoms with Gasteiger partial charge in [0, 0.05) is 49.3 Å². The minimum atomic E-state index is 0. The lowest BCUT2D eigenvalue weighted by Gasteiger charge is -2.21. The number of azo groups is 2. The highest BCUT2D eigenvalue weighted by molar-refractivity contribution is 7.13. The number of nitrogens with zero attached hydrogens (tertiary/aromatic N) is 8. The van der Waals surface area contributed by atoms with Crippen LogP contribution in [0.25, 0.3) is 0 Å². The predicted octanol–water partition coefficient (Wildman–Crippen LogP) is 0.852. The van der Waals surface area contributed by atoms with Crippen molar-refractivity contribution in [3.8, 4) is 0 Å². The molecule has 0 saturated carbocycles. The lowest BCUT2D eigenvalue weighted by atomic mass is 10.2. The monoisotopic (exact) mass is 634 g/mol. The molecule has 2 heterocycles. The third-order valence-electron chi connectivity index (χ3n) is 6.23. The van der Waals surface area contributed by atoms with Crippen LogP contribution in [0.3, 0.4) is 0 Å². The van der Waals surface area contributed by atoms with Gasteiger partial charge in [0.2, 0.25) is 0 Å². The average molecular weight is 636 g/mol.